The van der Waals surface area contributed by atoms with Crippen LogP contribution < -0.4 is 0 Å². The standard InChI is InChI=1S/C8H10NOP/c1-3-7-5-11(2,10)6-8(7)4-9/h1,7-8H,5-6H2,2H3. The second-order valence-electron chi connectivity index (χ2n) is 3.17. The van der Waals surface area contributed by atoms with Crippen LogP contribution in [-0.4, -0.2) is 19.0 Å². The van der Waals surface area contributed by atoms with E-state index < -0.39 is 7.14 Å². The second-order valence-corrected chi connectivity index (χ2v) is 6.49. The van der Waals surface area contributed by atoms with Gasteiger partial charge in [-0.25, -0.2) is 0 Å². The molecule has 1 aliphatic rings. The van der Waals surface area contributed by atoms with E-state index in [4.69, 9.17) is 11.7 Å². The first-order valence-corrected chi connectivity index (χ1v) is 6.03. The fourth-order valence-electron chi connectivity index (χ4n) is 1.46. The van der Waals surface area contributed by atoms with Crippen LogP contribution in [0.2, 0.25) is 0 Å². The van der Waals surface area contributed by atoms with Gasteiger partial charge in [0.25, 0.3) is 0 Å². The summed E-state index contributed by atoms with van der Waals surface area (Å²) in [5.41, 5.74) is 0. The Morgan fingerprint density at radius 3 is 2.45 bits per heavy atom. The molecule has 0 spiro atoms. The van der Waals surface area contributed by atoms with Crippen LogP contribution in [0.25, 0.3) is 0 Å². The van der Waals surface area contributed by atoms with E-state index in [2.05, 4.69) is 12.0 Å². The maximum atomic E-state index is 11.5. The molecule has 0 bridgehead atoms. The summed E-state index contributed by atoms with van der Waals surface area (Å²) >= 11 is 0. The molecule has 0 N–H and O–H groups in total. The number of rotatable bonds is 0. The summed E-state index contributed by atoms with van der Waals surface area (Å²) in [5, 5.41) is 8.63. The Labute approximate surface area is 67.0 Å². The van der Waals surface area contributed by atoms with Gasteiger partial charge in [-0.3, -0.25) is 0 Å². The molecule has 11 heavy (non-hydrogen) atoms. The zero-order valence-electron chi connectivity index (χ0n) is 6.45. The predicted octanol–water partition coefficient (Wildman–Crippen LogP) is 1.38. The first-order chi connectivity index (χ1) is 5.09. The zero-order valence-corrected chi connectivity index (χ0v) is 7.34. The highest BCUT2D eigenvalue weighted by Crippen LogP contribution is 2.52. The Morgan fingerprint density at radius 1 is 1.55 bits per heavy atom. The summed E-state index contributed by atoms with van der Waals surface area (Å²) in [6.07, 6.45) is 6.27. The Morgan fingerprint density at radius 2 is 2.09 bits per heavy atom. The molecule has 0 aromatic carbocycles. The summed E-state index contributed by atoms with van der Waals surface area (Å²) in [6.45, 7) is 1.73. The Balaban J connectivity index is 2.82. The molecular formula is C8H10NOP. The molecule has 1 aliphatic heterocycles. The normalized spacial score (nSPS) is 42.8. The van der Waals surface area contributed by atoms with Crippen molar-refractivity contribution in [3.63, 3.8) is 0 Å². The molecule has 3 atom stereocenters. The molecule has 0 aromatic rings. The molecule has 0 aliphatic carbocycles. The Kier molecular flexibility index (Phi) is 2.08. The monoisotopic (exact) mass is 167 g/mol. The third-order valence-corrected chi connectivity index (χ3v) is 4.36. The summed E-state index contributed by atoms with van der Waals surface area (Å²) in [4.78, 5) is 0. The molecule has 3 unspecified atom stereocenters. The molecular weight excluding hydrogens is 157 g/mol. The number of terminal acetylenes is 1. The highest BCUT2D eigenvalue weighted by Gasteiger charge is 2.37. The molecule has 1 saturated heterocycles. The third-order valence-electron chi connectivity index (χ3n) is 2.03. The van der Waals surface area contributed by atoms with Crippen molar-refractivity contribution in [1.82, 2.24) is 0 Å². The first-order valence-electron chi connectivity index (χ1n) is 3.50. The molecule has 1 rings (SSSR count). The van der Waals surface area contributed by atoms with Crippen molar-refractivity contribution in [1.29, 1.82) is 5.26 Å². The molecule has 58 valence electrons. The van der Waals surface area contributed by atoms with Crippen LogP contribution in [0.3, 0.4) is 0 Å². The molecule has 1 heterocycles. The SMILES string of the molecule is C#CC1CP(C)(=O)CC1C#N. The van der Waals surface area contributed by atoms with Gasteiger partial charge < -0.3 is 4.57 Å². The summed E-state index contributed by atoms with van der Waals surface area (Å²) in [5.74, 6) is 2.28. The van der Waals surface area contributed by atoms with Gasteiger partial charge in [0.1, 0.15) is 0 Å². The highest BCUT2D eigenvalue weighted by atomic mass is 31.2. The van der Waals surface area contributed by atoms with E-state index in [-0.39, 0.29) is 11.8 Å². The van der Waals surface area contributed by atoms with Gasteiger partial charge in [0.15, 0.2) is 0 Å². The van der Waals surface area contributed by atoms with E-state index in [1.54, 1.807) is 6.66 Å². The number of hydrogen-bond donors (Lipinski definition) is 0. The van der Waals surface area contributed by atoms with Crippen molar-refractivity contribution in [2.75, 3.05) is 19.0 Å². The van der Waals surface area contributed by atoms with Gasteiger partial charge in [-0.15, -0.1) is 12.3 Å². The van der Waals surface area contributed by atoms with Crippen LogP contribution in [-0.2, 0) is 4.57 Å². The average Bonchev–Trinajstić information content (AvgIpc) is 2.25. The van der Waals surface area contributed by atoms with Crippen LogP contribution in [0.15, 0.2) is 0 Å². The molecule has 0 amide bonds. The molecule has 0 aromatic heterocycles. The van der Waals surface area contributed by atoms with E-state index in [0.717, 1.165) is 0 Å². The van der Waals surface area contributed by atoms with Gasteiger partial charge in [-0.1, -0.05) is 0 Å². The van der Waals surface area contributed by atoms with Crippen molar-refractivity contribution in [3.8, 4) is 18.4 Å². The second kappa shape index (κ2) is 2.72. The van der Waals surface area contributed by atoms with Crippen molar-refractivity contribution in [2.45, 2.75) is 0 Å². The zero-order chi connectivity index (χ0) is 8.48. The maximum absolute atomic E-state index is 11.5. The number of hydrogen-bond acceptors (Lipinski definition) is 2. The average molecular weight is 167 g/mol. The molecule has 2 nitrogen and oxygen atoms in total. The van der Waals surface area contributed by atoms with E-state index in [0.29, 0.717) is 12.3 Å². The Hall–Kier alpha value is -0.720. The van der Waals surface area contributed by atoms with Gasteiger partial charge in [-0.05, 0) is 6.66 Å². The third kappa shape index (κ3) is 1.65. The fraction of sp³-hybridized carbons (Fsp3) is 0.625. The van der Waals surface area contributed by atoms with Crippen molar-refractivity contribution in [2.24, 2.45) is 11.8 Å². The van der Waals surface area contributed by atoms with Gasteiger partial charge in [0.05, 0.1) is 19.1 Å². The lowest BCUT2D eigenvalue weighted by Gasteiger charge is -2.00. The lowest BCUT2D eigenvalue weighted by Crippen LogP contribution is -2.06. The molecule has 3 heteroatoms. The van der Waals surface area contributed by atoms with Crippen molar-refractivity contribution >= 4 is 7.14 Å². The van der Waals surface area contributed by atoms with E-state index in [1.807, 2.05) is 0 Å². The van der Waals surface area contributed by atoms with Gasteiger partial charge in [0.2, 0.25) is 0 Å². The lowest BCUT2D eigenvalue weighted by atomic mass is 9.99. The number of nitriles is 1. The smallest absolute Gasteiger partial charge is 0.0874 e. The fourth-order valence-corrected chi connectivity index (χ4v) is 3.97. The molecule has 0 radical (unpaired) electrons. The van der Waals surface area contributed by atoms with E-state index in [1.165, 1.54) is 0 Å². The van der Waals surface area contributed by atoms with Gasteiger partial charge in [0, 0.05) is 18.2 Å². The summed E-state index contributed by atoms with van der Waals surface area (Å²) < 4.78 is 11.5. The van der Waals surface area contributed by atoms with E-state index >= 15 is 0 Å². The van der Waals surface area contributed by atoms with E-state index in [9.17, 15) is 4.57 Å². The number of nitrogens with zero attached hydrogens (tertiary/aromatic N) is 1. The van der Waals surface area contributed by atoms with Crippen LogP contribution in [0.1, 0.15) is 0 Å². The summed E-state index contributed by atoms with van der Waals surface area (Å²) in [6, 6.07) is 2.11. The van der Waals surface area contributed by atoms with Crippen LogP contribution in [0, 0.1) is 35.5 Å². The van der Waals surface area contributed by atoms with Crippen molar-refractivity contribution < 1.29 is 4.57 Å². The highest BCUT2D eigenvalue weighted by molar-refractivity contribution is 7.63. The molecule has 0 saturated carbocycles. The van der Waals surface area contributed by atoms with Gasteiger partial charge >= 0.3 is 0 Å². The van der Waals surface area contributed by atoms with Gasteiger partial charge in [-0.2, -0.15) is 5.26 Å². The molecule has 1 fully saturated rings. The maximum Gasteiger partial charge on any atom is 0.0874 e. The van der Waals surface area contributed by atoms with Crippen LogP contribution in [0.4, 0.5) is 0 Å². The minimum atomic E-state index is -2.05. The minimum absolute atomic E-state index is 0.0733. The van der Waals surface area contributed by atoms with Crippen LogP contribution in [0.5, 0.6) is 0 Å². The van der Waals surface area contributed by atoms with Crippen LogP contribution >= 0.6 is 7.14 Å². The largest absolute Gasteiger partial charge is 0.324 e. The lowest BCUT2D eigenvalue weighted by molar-refractivity contribution is 0.582. The topological polar surface area (TPSA) is 40.9 Å². The quantitative estimate of drug-likeness (QED) is 0.404. The first kappa shape index (κ1) is 8.38. The Bertz CT molecular complexity index is 257. The summed E-state index contributed by atoms with van der Waals surface area (Å²) in [7, 11) is -2.05. The predicted molar refractivity (Wildman–Crippen MR) is 44.7 cm³/mol. The minimum Gasteiger partial charge on any atom is -0.324 e. The van der Waals surface area contributed by atoms with Crippen molar-refractivity contribution in [3.05, 3.63) is 0 Å².